The van der Waals surface area contributed by atoms with Gasteiger partial charge in [0, 0.05) is 24.0 Å². The molecule has 5 rings (SSSR count). The molecule has 0 saturated carbocycles. The number of carbonyl (C=O) groups is 3. The van der Waals surface area contributed by atoms with Gasteiger partial charge < -0.3 is 24.5 Å². The molecule has 47 heavy (non-hydrogen) atoms. The fourth-order valence-corrected chi connectivity index (χ4v) is 10.4. The average molecular weight is 680 g/mol. The number of anilines is 2. The van der Waals surface area contributed by atoms with Crippen molar-refractivity contribution in [1.29, 1.82) is 0 Å². The van der Waals surface area contributed by atoms with Gasteiger partial charge in [0.15, 0.2) is 0 Å². The number of halogens is 1. The quantitative estimate of drug-likeness (QED) is 0.236. The van der Waals surface area contributed by atoms with Gasteiger partial charge in [-0.05, 0) is 68.5 Å². The molecule has 0 radical (unpaired) electrons. The Morgan fingerprint density at radius 3 is 2.40 bits per heavy atom. The van der Waals surface area contributed by atoms with Crippen LogP contribution in [0.1, 0.15) is 45.6 Å². The van der Waals surface area contributed by atoms with E-state index in [0.29, 0.717) is 48.0 Å². The highest BCUT2D eigenvalue weighted by atomic mass is 35.5. The van der Waals surface area contributed by atoms with Crippen molar-refractivity contribution in [2.45, 2.75) is 69.0 Å². The minimum Gasteiger partial charge on any atom is -0.494 e. The monoisotopic (exact) mass is 679 g/mol. The second-order valence-electron chi connectivity index (χ2n) is 12.7. The Hall–Kier alpha value is -3.27. The number of aryl methyl sites for hydroxylation is 1. The molecule has 2 bridgehead atoms. The number of hydrogen-bond acceptors (Lipinski definition) is 6. The van der Waals surface area contributed by atoms with Gasteiger partial charge in [0.25, 0.3) is 5.91 Å². The molecule has 2 unspecified atom stereocenters. The molecule has 8 nitrogen and oxygen atoms in total. The Morgan fingerprint density at radius 1 is 1.13 bits per heavy atom. The molecule has 10 heteroatoms. The van der Waals surface area contributed by atoms with E-state index < -0.39 is 28.7 Å². The third kappa shape index (κ3) is 6.00. The van der Waals surface area contributed by atoms with Crippen molar-refractivity contribution in [2.24, 2.45) is 17.8 Å². The molecule has 3 saturated heterocycles. The van der Waals surface area contributed by atoms with Gasteiger partial charge in [0.05, 0.1) is 46.5 Å². The molecular formula is C37H46ClN3O5S. The van der Waals surface area contributed by atoms with Crippen LogP contribution in [0, 0.1) is 24.7 Å². The van der Waals surface area contributed by atoms with Gasteiger partial charge in [-0.1, -0.05) is 56.2 Å². The maximum atomic E-state index is 15.1. The minimum absolute atomic E-state index is 0.0816. The second-order valence-corrected chi connectivity index (χ2v) is 14.8. The summed E-state index contributed by atoms with van der Waals surface area (Å²) in [5, 5.41) is 11.1. The van der Waals surface area contributed by atoms with Gasteiger partial charge in [0.1, 0.15) is 11.8 Å². The van der Waals surface area contributed by atoms with Crippen LogP contribution in [0.5, 0.6) is 5.75 Å². The zero-order valence-electron chi connectivity index (χ0n) is 27.7. The number of amides is 3. The van der Waals surface area contributed by atoms with Crippen molar-refractivity contribution in [1.82, 2.24) is 4.90 Å². The summed E-state index contributed by atoms with van der Waals surface area (Å²) < 4.78 is 4.77. The minimum atomic E-state index is -0.895. The standard InChI is InChI=1S/C37H46ClN3O5S/c1-7-20-39(25-14-16-26(17-15-25)46-10-4)34(43)30-29-18-19-37(47-29)31(30)35(44)41(28(22-42)23(5)9-3)33(37)36(45)40(21-8-2)32-24(6)12-11-13-27(32)38/h7-8,11-17,23,28-31,33,42H,1-2,9-10,18-22H2,3-6H3/t23-,28-,29-,30+,31-,33?,37?/m0/s1. The number of rotatable bonds is 14. The van der Waals surface area contributed by atoms with Crippen molar-refractivity contribution < 1.29 is 24.2 Å². The lowest BCUT2D eigenvalue weighted by molar-refractivity contribution is -0.143. The third-order valence-electron chi connectivity index (χ3n) is 10.2. The highest BCUT2D eigenvalue weighted by molar-refractivity contribution is 8.02. The van der Waals surface area contributed by atoms with E-state index in [1.807, 2.05) is 64.1 Å². The first-order valence-corrected chi connectivity index (χ1v) is 17.8. The lowest BCUT2D eigenvalue weighted by Crippen LogP contribution is -2.59. The number of likely N-dealkylation sites (tertiary alicyclic amines) is 1. The number of nitrogens with zero attached hydrogens (tertiary/aromatic N) is 3. The van der Waals surface area contributed by atoms with Crippen LogP contribution in [0.3, 0.4) is 0 Å². The predicted octanol–water partition coefficient (Wildman–Crippen LogP) is 6.28. The van der Waals surface area contributed by atoms with E-state index in [1.54, 1.807) is 44.7 Å². The Labute approximate surface area is 287 Å². The Bertz CT molecular complexity index is 1500. The van der Waals surface area contributed by atoms with Gasteiger partial charge in [-0.2, -0.15) is 0 Å². The smallest absolute Gasteiger partial charge is 0.251 e. The van der Waals surface area contributed by atoms with E-state index >= 15 is 4.79 Å². The fraction of sp³-hybridized carbons (Fsp3) is 0.486. The first kappa shape index (κ1) is 35.0. The average Bonchev–Trinajstić information content (AvgIpc) is 3.71. The van der Waals surface area contributed by atoms with Crippen LogP contribution in [0.4, 0.5) is 11.4 Å². The van der Waals surface area contributed by atoms with Crippen molar-refractivity contribution in [2.75, 3.05) is 36.1 Å². The topological polar surface area (TPSA) is 90.4 Å². The molecule has 252 valence electrons. The summed E-state index contributed by atoms with van der Waals surface area (Å²) in [6.45, 7) is 16.3. The lowest BCUT2D eigenvalue weighted by atomic mass is 9.70. The lowest BCUT2D eigenvalue weighted by Gasteiger charge is -2.41. The van der Waals surface area contributed by atoms with Crippen molar-refractivity contribution in [3.05, 3.63) is 78.4 Å². The number of thioether (sulfide) groups is 1. The van der Waals surface area contributed by atoms with Crippen molar-refractivity contribution in [3.8, 4) is 5.75 Å². The number of para-hydroxylation sites is 1. The van der Waals surface area contributed by atoms with E-state index in [9.17, 15) is 14.7 Å². The Balaban J connectivity index is 1.61. The summed E-state index contributed by atoms with van der Waals surface area (Å²) in [6, 6.07) is 11.4. The number of benzene rings is 2. The van der Waals surface area contributed by atoms with Crippen molar-refractivity contribution in [3.63, 3.8) is 0 Å². The van der Waals surface area contributed by atoms with E-state index in [4.69, 9.17) is 16.3 Å². The molecule has 1 spiro atoms. The largest absolute Gasteiger partial charge is 0.494 e. The van der Waals surface area contributed by atoms with Crippen LogP contribution < -0.4 is 14.5 Å². The maximum Gasteiger partial charge on any atom is 0.251 e. The number of aliphatic hydroxyl groups excluding tert-OH is 1. The van der Waals surface area contributed by atoms with Crippen LogP contribution in [0.15, 0.2) is 67.8 Å². The molecule has 1 N–H and O–H groups in total. The molecule has 2 aromatic rings. The molecule has 3 fully saturated rings. The molecule has 0 aromatic heterocycles. The normalized spacial score (nSPS) is 25.7. The molecule has 3 heterocycles. The van der Waals surface area contributed by atoms with Crippen molar-refractivity contribution >= 4 is 52.5 Å². The highest BCUT2D eigenvalue weighted by Crippen LogP contribution is 2.67. The van der Waals surface area contributed by atoms with E-state index in [0.717, 1.165) is 5.56 Å². The zero-order chi connectivity index (χ0) is 34.0. The van der Waals surface area contributed by atoms with Gasteiger partial charge in [-0.3, -0.25) is 14.4 Å². The van der Waals surface area contributed by atoms with Crippen LogP contribution in [0.2, 0.25) is 5.02 Å². The summed E-state index contributed by atoms with van der Waals surface area (Å²) in [4.78, 5) is 49.6. The van der Waals surface area contributed by atoms with Gasteiger partial charge in [0.2, 0.25) is 11.8 Å². The van der Waals surface area contributed by atoms with E-state index in [2.05, 4.69) is 13.2 Å². The van der Waals surface area contributed by atoms with E-state index in [1.165, 1.54) is 0 Å². The summed E-state index contributed by atoms with van der Waals surface area (Å²) >= 11 is 8.33. The number of aliphatic hydroxyl groups is 1. The molecule has 7 atom stereocenters. The first-order chi connectivity index (χ1) is 22.6. The van der Waals surface area contributed by atoms with E-state index in [-0.39, 0.29) is 48.6 Å². The molecule has 0 aliphatic carbocycles. The number of fused-ring (bicyclic) bond motifs is 1. The first-order valence-electron chi connectivity index (χ1n) is 16.5. The van der Waals surface area contributed by atoms with Crippen LogP contribution in [-0.4, -0.2) is 76.1 Å². The fourth-order valence-electron chi connectivity index (χ4n) is 7.88. The summed E-state index contributed by atoms with van der Waals surface area (Å²) in [5.74, 6) is -1.41. The van der Waals surface area contributed by atoms with Gasteiger partial charge in [-0.15, -0.1) is 24.9 Å². The molecule has 3 aliphatic heterocycles. The van der Waals surface area contributed by atoms with Gasteiger partial charge >= 0.3 is 0 Å². The molecule has 2 aromatic carbocycles. The third-order valence-corrected chi connectivity index (χ3v) is 12.4. The molecule has 3 aliphatic rings. The number of carbonyl (C=O) groups excluding carboxylic acids is 3. The summed E-state index contributed by atoms with van der Waals surface area (Å²) in [7, 11) is 0. The van der Waals surface area contributed by atoms with Crippen LogP contribution in [0.25, 0.3) is 0 Å². The summed E-state index contributed by atoms with van der Waals surface area (Å²) in [5.41, 5.74) is 2.09. The predicted molar refractivity (Wildman–Crippen MR) is 190 cm³/mol. The van der Waals surface area contributed by atoms with Crippen LogP contribution in [-0.2, 0) is 14.4 Å². The Kier molecular flexibility index (Phi) is 10.8. The maximum absolute atomic E-state index is 15.1. The molecular weight excluding hydrogens is 634 g/mol. The number of ether oxygens (including phenoxy) is 1. The SMILES string of the molecule is C=CCN(C(=O)[C@@H]1[C@@H]2CCC3(S2)C(C(=O)N(CC=C)c2c(C)cccc2Cl)N([C@@H](CO)[C@@H](C)CC)C(=O)[C@H]13)c1ccc(OCC)cc1. The summed E-state index contributed by atoms with van der Waals surface area (Å²) in [6.07, 6.45) is 5.36. The van der Waals surface area contributed by atoms with Gasteiger partial charge in [-0.25, -0.2) is 0 Å². The molecule has 3 amide bonds. The van der Waals surface area contributed by atoms with Crippen LogP contribution >= 0.6 is 23.4 Å². The number of hydrogen-bond donors (Lipinski definition) is 1. The zero-order valence-corrected chi connectivity index (χ0v) is 29.3. The highest BCUT2D eigenvalue weighted by Gasteiger charge is 2.75. The Morgan fingerprint density at radius 2 is 1.81 bits per heavy atom. The second kappa shape index (κ2) is 14.5.